The van der Waals surface area contributed by atoms with E-state index in [1.165, 1.54) is 0 Å². The molecule has 0 rings (SSSR count). The van der Waals surface area contributed by atoms with E-state index in [-0.39, 0.29) is 18.5 Å². The summed E-state index contributed by atoms with van der Waals surface area (Å²) >= 11 is 0. The molecule has 0 aromatic rings. The fraction of sp³-hybridized carbons (Fsp3) is 0.818. The lowest BCUT2D eigenvalue weighted by atomic mass is 9.92. The first-order chi connectivity index (χ1) is 7.29. The van der Waals surface area contributed by atoms with E-state index in [4.69, 9.17) is 11.5 Å². The molecule has 0 radical (unpaired) electrons. The van der Waals surface area contributed by atoms with Crippen LogP contribution in [0.15, 0.2) is 0 Å². The van der Waals surface area contributed by atoms with Crippen molar-refractivity contribution >= 4 is 11.8 Å². The molecule has 0 heterocycles. The largest absolute Gasteiger partial charge is 0.369 e. The minimum Gasteiger partial charge on any atom is -0.369 e. The van der Waals surface area contributed by atoms with Gasteiger partial charge in [-0.2, -0.15) is 0 Å². The molecule has 0 fully saturated rings. The first-order valence-corrected chi connectivity index (χ1v) is 5.61. The lowest BCUT2D eigenvalue weighted by Gasteiger charge is -2.21. The van der Waals surface area contributed by atoms with E-state index < -0.39 is 11.3 Å². The maximum absolute atomic E-state index is 11.5. The van der Waals surface area contributed by atoms with Crippen LogP contribution in [0.4, 0.5) is 0 Å². The van der Waals surface area contributed by atoms with E-state index in [9.17, 15) is 9.59 Å². The van der Waals surface area contributed by atoms with Crippen LogP contribution >= 0.6 is 0 Å². The summed E-state index contributed by atoms with van der Waals surface area (Å²) in [5.74, 6) is -0.555. The molecule has 1 atom stereocenters. The smallest absolute Gasteiger partial charge is 0.224 e. The standard InChI is InChI=1S/C11H23N3O2/c1-4-5-8(12)6-9(15)14-7-11(2,3)10(13)16/h8H,4-7,12H2,1-3H3,(H2,13,16)(H,14,15). The van der Waals surface area contributed by atoms with Crippen LogP contribution in [0.2, 0.25) is 0 Å². The highest BCUT2D eigenvalue weighted by molar-refractivity contribution is 5.82. The highest BCUT2D eigenvalue weighted by Gasteiger charge is 2.25. The summed E-state index contributed by atoms with van der Waals surface area (Å²) in [5.41, 5.74) is 10.2. The Morgan fingerprint density at radius 2 is 1.94 bits per heavy atom. The molecule has 0 bridgehead atoms. The van der Waals surface area contributed by atoms with Crippen molar-refractivity contribution in [3.8, 4) is 0 Å². The zero-order valence-electron chi connectivity index (χ0n) is 10.4. The highest BCUT2D eigenvalue weighted by Crippen LogP contribution is 2.11. The quantitative estimate of drug-likeness (QED) is 0.578. The second kappa shape index (κ2) is 6.48. The average molecular weight is 229 g/mol. The van der Waals surface area contributed by atoms with E-state index in [1.54, 1.807) is 13.8 Å². The van der Waals surface area contributed by atoms with Gasteiger partial charge < -0.3 is 16.8 Å². The number of nitrogens with one attached hydrogen (secondary N) is 1. The molecule has 0 aliphatic rings. The molecule has 5 nitrogen and oxygen atoms in total. The molecule has 16 heavy (non-hydrogen) atoms. The number of amides is 2. The van der Waals surface area contributed by atoms with E-state index in [0.717, 1.165) is 12.8 Å². The van der Waals surface area contributed by atoms with Gasteiger partial charge in [-0.3, -0.25) is 9.59 Å². The van der Waals surface area contributed by atoms with Crippen LogP contribution in [0.1, 0.15) is 40.0 Å². The minimum atomic E-state index is -0.718. The van der Waals surface area contributed by atoms with Crippen molar-refractivity contribution in [2.24, 2.45) is 16.9 Å². The summed E-state index contributed by atoms with van der Waals surface area (Å²) in [5, 5.41) is 2.67. The topological polar surface area (TPSA) is 98.2 Å². The SMILES string of the molecule is CCCC(N)CC(=O)NCC(C)(C)C(N)=O. The first kappa shape index (κ1) is 14.9. The monoisotopic (exact) mass is 229 g/mol. The van der Waals surface area contributed by atoms with E-state index in [1.807, 2.05) is 6.92 Å². The molecular formula is C11H23N3O2. The van der Waals surface area contributed by atoms with Crippen LogP contribution in [0.5, 0.6) is 0 Å². The summed E-state index contributed by atoms with van der Waals surface area (Å²) in [6.45, 7) is 5.66. The molecule has 5 heteroatoms. The second-order valence-electron chi connectivity index (χ2n) is 4.78. The Hall–Kier alpha value is -1.10. The van der Waals surface area contributed by atoms with Gasteiger partial charge in [0.05, 0.1) is 5.41 Å². The average Bonchev–Trinajstić information content (AvgIpc) is 2.15. The third-order valence-corrected chi connectivity index (χ3v) is 2.50. The van der Waals surface area contributed by atoms with Gasteiger partial charge in [-0.05, 0) is 20.3 Å². The van der Waals surface area contributed by atoms with Gasteiger partial charge in [-0.1, -0.05) is 13.3 Å². The number of carbonyl (C=O) groups is 2. The first-order valence-electron chi connectivity index (χ1n) is 5.61. The Labute approximate surface area is 96.9 Å². The van der Waals surface area contributed by atoms with Gasteiger partial charge in [-0.15, -0.1) is 0 Å². The van der Waals surface area contributed by atoms with Crippen LogP contribution in [0, 0.1) is 5.41 Å². The summed E-state index contributed by atoms with van der Waals surface area (Å²) in [4.78, 5) is 22.5. The number of rotatable bonds is 7. The third-order valence-electron chi connectivity index (χ3n) is 2.50. The predicted molar refractivity (Wildman–Crippen MR) is 63.5 cm³/mol. The van der Waals surface area contributed by atoms with Crippen LogP contribution in [-0.2, 0) is 9.59 Å². The maximum atomic E-state index is 11.5. The summed E-state index contributed by atoms with van der Waals surface area (Å²) in [6.07, 6.45) is 2.08. The fourth-order valence-electron chi connectivity index (χ4n) is 1.19. The molecule has 2 amide bonds. The number of hydrogen-bond acceptors (Lipinski definition) is 3. The zero-order valence-corrected chi connectivity index (χ0v) is 10.4. The zero-order chi connectivity index (χ0) is 12.8. The summed E-state index contributed by atoms with van der Waals surface area (Å²) in [7, 11) is 0. The Balaban J connectivity index is 3.94. The van der Waals surface area contributed by atoms with Crippen LogP contribution in [0.3, 0.4) is 0 Å². The number of hydrogen-bond donors (Lipinski definition) is 3. The second-order valence-corrected chi connectivity index (χ2v) is 4.78. The van der Waals surface area contributed by atoms with Crippen LogP contribution in [0.25, 0.3) is 0 Å². The van der Waals surface area contributed by atoms with Gasteiger partial charge in [-0.25, -0.2) is 0 Å². The third kappa shape index (κ3) is 5.70. The minimum absolute atomic E-state index is 0.110. The molecule has 0 aliphatic carbocycles. The van der Waals surface area contributed by atoms with Gasteiger partial charge in [0.25, 0.3) is 0 Å². The van der Waals surface area contributed by atoms with Crippen molar-refractivity contribution in [1.82, 2.24) is 5.32 Å². The van der Waals surface area contributed by atoms with Gasteiger partial charge in [0, 0.05) is 19.0 Å². The van der Waals surface area contributed by atoms with E-state index in [0.29, 0.717) is 6.42 Å². The fourth-order valence-corrected chi connectivity index (χ4v) is 1.19. The summed E-state index contributed by atoms with van der Waals surface area (Å²) in [6, 6.07) is -0.110. The molecule has 0 aromatic carbocycles. The maximum Gasteiger partial charge on any atom is 0.224 e. The Morgan fingerprint density at radius 3 is 2.38 bits per heavy atom. The van der Waals surface area contributed by atoms with Crippen molar-refractivity contribution in [3.05, 3.63) is 0 Å². The molecule has 0 saturated heterocycles. The molecule has 1 unspecified atom stereocenters. The Bertz CT molecular complexity index is 252. The van der Waals surface area contributed by atoms with Crippen molar-refractivity contribution in [2.75, 3.05) is 6.54 Å². The lowest BCUT2D eigenvalue weighted by molar-refractivity contribution is -0.127. The Kier molecular flexibility index (Phi) is 6.03. The molecular weight excluding hydrogens is 206 g/mol. The van der Waals surface area contributed by atoms with Crippen molar-refractivity contribution in [3.63, 3.8) is 0 Å². The van der Waals surface area contributed by atoms with Gasteiger partial charge >= 0.3 is 0 Å². The van der Waals surface area contributed by atoms with Crippen LogP contribution < -0.4 is 16.8 Å². The molecule has 0 saturated carbocycles. The van der Waals surface area contributed by atoms with Gasteiger partial charge in [0.2, 0.25) is 11.8 Å². The molecule has 0 aromatic heterocycles. The van der Waals surface area contributed by atoms with Gasteiger partial charge in [0.1, 0.15) is 0 Å². The van der Waals surface area contributed by atoms with Crippen molar-refractivity contribution < 1.29 is 9.59 Å². The normalized spacial score (nSPS) is 13.2. The molecule has 0 spiro atoms. The number of nitrogens with two attached hydrogens (primary N) is 2. The Morgan fingerprint density at radius 1 is 1.38 bits per heavy atom. The summed E-state index contributed by atoms with van der Waals surface area (Å²) < 4.78 is 0. The van der Waals surface area contributed by atoms with Gasteiger partial charge in [0.15, 0.2) is 0 Å². The molecule has 0 aliphatic heterocycles. The number of primary amides is 1. The molecule has 94 valence electrons. The number of carbonyl (C=O) groups excluding carboxylic acids is 2. The molecule has 5 N–H and O–H groups in total. The predicted octanol–water partition coefficient (Wildman–Crippen LogP) is 0.132. The van der Waals surface area contributed by atoms with Crippen molar-refractivity contribution in [1.29, 1.82) is 0 Å². The van der Waals surface area contributed by atoms with E-state index >= 15 is 0 Å². The van der Waals surface area contributed by atoms with E-state index in [2.05, 4.69) is 5.32 Å². The highest BCUT2D eigenvalue weighted by atomic mass is 16.2. The van der Waals surface area contributed by atoms with Crippen molar-refractivity contribution in [2.45, 2.75) is 46.1 Å². The lowest BCUT2D eigenvalue weighted by Crippen LogP contribution is -2.43. The van der Waals surface area contributed by atoms with Crippen LogP contribution in [-0.4, -0.2) is 24.4 Å².